The molecule has 3 heterocycles. The van der Waals surface area contributed by atoms with Gasteiger partial charge in [-0.3, -0.25) is 4.79 Å². The molecule has 0 radical (unpaired) electrons. The van der Waals surface area contributed by atoms with Gasteiger partial charge < -0.3 is 25.8 Å². The van der Waals surface area contributed by atoms with Gasteiger partial charge in [0.25, 0.3) is 0 Å². The molecule has 2 aromatic heterocycles. The molecule has 0 aliphatic carbocycles. The van der Waals surface area contributed by atoms with Crippen molar-refractivity contribution in [3.05, 3.63) is 53.7 Å². The fourth-order valence-corrected chi connectivity index (χ4v) is 3.04. The second-order valence-electron chi connectivity index (χ2n) is 6.26. The van der Waals surface area contributed by atoms with Gasteiger partial charge in [-0.15, -0.1) is 0 Å². The van der Waals surface area contributed by atoms with E-state index in [-0.39, 0.29) is 11.5 Å². The topological polar surface area (TPSA) is 156 Å². The average molecular weight is 371 g/mol. The number of ketones is 1. The minimum atomic E-state index is -1.26. The molecule has 1 aromatic carbocycles. The van der Waals surface area contributed by atoms with Crippen LogP contribution in [0.25, 0.3) is 5.65 Å². The second kappa shape index (κ2) is 6.67. The molecule has 140 valence electrons. The highest BCUT2D eigenvalue weighted by Crippen LogP contribution is 2.34. The Kier molecular flexibility index (Phi) is 4.32. The highest BCUT2D eigenvalue weighted by molar-refractivity contribution is 6.06. The van der Waals surface area contributed by atoms with Crippen LogP contribution in [0.1, 0.15) is 27.8 Å². The number of rotatable bonds is 4. The third kappa shape index (κ3) is 2.94. The van der Waals surface area contributed by atoms with Crippen molar-refractivity contribution in [2.24, 2.45) is 0 Å². The van der Waals surface area contributed by atoms with Crippen LogP contribution in [0.5, 0.6) is 0 Å². The Bertz CT molecular complexity index is 989. The van der Waals surface area contributed by atoms with E-state index < -0.39 is 36.8 Å². The van der Waals surface area contributed by atoms with Crippen LogP contribution in [-0.2, 0) is 4.74 Å². The Labute approximate surface area is 152 Å². The molecule has 3 aromatic rings. The normalized spacial score (nSPS) is 25.1. The Morgan fingerprint density at radius 2 is 1.96 bits per heavy atom. The van der Waals surface area contributed by atoms with Crippen molar-refractivity contribution in [2.75, 3.05) is 12.3 Å². The molecule has 4 rings (SSSR count). The van der Waals surface area contributed by atoms with E-state index in [4.69, 9.17) is 10.5 Å². The molecule has 0 amide bonds. The lowest BCUT2D eigenvalue weighted by molar-refractivity contribution is -0.0224. The molecule has 0 saturated carbocycles. The Morgan fingerprint density at radius 3 is 2.63 bits per heavy atom. The first-order chi connectivity index (χ1) is 13.0. The summed E-state index contributed by atoms with van der Waals surface area (Å²) in [6.45, 7) is -0.441. The molecule has 0 spiro atoms. The van der Waals surface area contributed by atoms with E-state index in [0.717, 1.165) is 0 Å². The maximum Gasteiger partial charge on any atom is 0.230 e. The van der Waals surface area contributed by atoms with E-state index in [1.54, 1.807) is 24.3 Å². The van der Waals surface area contributed by atoms with Crippen LogP contribution in [0.3, 0.4) is 0 Å². The van der Waals surface area contributed by atoms with E-state index in [2.05, 4.69) is 15.1 Å². The number of ether oxygens (including phenoxy) is 1. The number of aliphatic hydroxyl groups is 3. The fraction of sp³-hybridized carbons (Fsp3) is 0.294. The number of nitrogens with two attached hydrogens (primary N) is 1. The van der Waals surface area contributed by atoms with Crippen LogP contribution < -0.4 is 5.73 Å². The number of hydrogen-bond acceptors (Lipinski definition) is 9. The van der Waals surface area contributed by atoms with Gasteiger partial charge >= 0.3 is 0 Å². The number of nitrogen functional groups attached to an aromatic ring is 1. The maximum atomic E-state index is 12.6. The summed E-state index contributed by atoms with van der Waals surface area (Å²) < 4.78 is 6.86. The molecular weight excluding hydrogens is 354 g/mol. The lowest BCUT2D eigenvalue weighted by atomic mass is 10.0. The molecule has 1 saturated heterocycles. The summed E-state index contributed by atoms with van der Waals surface area (Å²) in [6.07, 6.45) is -1.62. The van der Waals surface area contributed by atoms with Crippen LogP contribution in [0.2, 0.25) is 0 Å². The number of nitrogens with zero attached hydrogens (tertiary/aromatic N) is 4. The predicted molar refractivity (Wildman–Crippen MR) is 91.8 cm³/mol. The first-order valence-corrected chi connectivity index (χ1v) is 8.22. The zero-order valence-electron chi connectivity index (χ0n) is 14.0. The Balaban J connectivity index is 1.71. The number of aromatic nitrogens is 4. The summed E-state index contributed by atoms with van der Waals surface area (Å²) in [5, 5.41) is 33.5. The monoisotopic (exact) mass is 371 g/mol. The van der Waals surface area contributed by atoms with E-state index >= 15 is 0 Å². The number of anilines is 1. The van der Waals surface area contributed by atoms with Crippen molar-refractivity contribution in [1.29, 1.82) is 0 Å². The lowest BCUT2D eigenvalue weighted by Gasteiger charge is -2.13. The molecule has 1 aliphatic heterocycles. The summed E-state index contributed by atoms with van der Waals surface area (Å²) in [6, 6.07) is 6.37. The van der Waals surface area contributed by atoms with E-state index in [0.29, 0.717) is 16.8 Å². The van der Waals surface area contributed by atoms with Gasteiger partial charge in [0, 0.05) is 16.8 Å². The van der Waals surface area contributed by atoms with Crippen molar-refractivity contribution < 1.29 is 24.9 Å². The minimum absolute atomic E-state index is 0.0548. The maximum absolute atomic E-state index is 12.6. The molecule has 10 nitrogen and oxygen atoms in total. The van der Waals surface area contributed by atoms with Crippen molar-refractivity contribution in [3.63, 3.8) is 0 Å². The van der Waals surface area contributed by atoms with Crippen LogP contribution >= 0.6 is 0 Å². The summed E-state index contributed by atoms with van der Waals surface area (Å²) >= 11 is 0. The molecule has 0 unspecified atom stereocenters. The van der Waals surface area contributed by atoms with Gasteiger partial charge in [0.15, 0.2) is 5.65 Å². The van der Waals surface area contributed by atoms with E-state index in [1.807, 2.05) is 0 Å². The van der Waals surface area contributed by atoms with Crippen LogP contribution in [0.15, 0.2) is 36.8 Å². The quantitative estimate of drug-likeness (QED) is 0.337. The highest BCUT2D eigenvalue weighted by Gasteiger charge is 2.44. The first kappa shape index (κ1) is 17.5. The summed E-state index contributed by atoms with van der Waals surface area (Å²) in [5.74, 6) is -0.452. The standard InChI is InChI=1S/C17H17N5O5/c18-9-3-1-8(2-4-9)12(24)16-19-7-22-17(21-16)10(5-20-22)15-14(26)13(25)11(6-23)27-15/h1-5,7,11,13-15,23,25-26H,6,18H2/t11-,13-,14-,15+/m1/s1. The van der Waals surface area contributed by atoms with Gasteiger partial charge in [0.2, 0.25) is 11.6 Å². The third-order valence-electron chi connectivity index (χ3n) is 4.52. The fourth-order valence-electron chi connectivity index (χ4n) is 3.04. The smallest absolute Gasteiger partial charge is 0.230 e. The number of hydrogen-bond donors (Lipinski definition) is 4. The van der Waals surface area contributed by atoms with Gasteiger partial charge in [0.1, 0.15) is 30.7 Å². The van der Waals surface area contributed by atoms with Gasteiger partial charge in [-0.1, -0.05) is 0 Å². The SMILES string of the molecule is Nc1ccc(C(=O)c2ncn3ncc([C@@H]4O[C@H](CO)[C@@H](O)[C@H]4O)c3n2)cc1. The lowest BCUT2D eigenvalue weighted by Crippen LogP contribution is -2.32. The van der Waals surface area contributed by atoms with Crippen LogP contribution in [-0.4, -0.2) is 65.6 Å². The van der Waals surface area contributed by atoms with Crippen LogP contribution in [0, 0.1) is 0 Å². The molecule has 1 fully saturated rings. The number of benzene rings is 1. The number of carbonyl (C=O) groups excluding carboxylic acids is 1. The number of aliphatic hydroxyl groups excluding tert-OH is 3. The van der Waals surface area contributed by atoms with Gasteiger partial charge in [-0.25, -0.2) is 14.5 Å². The van der Waals surface area contributed by atoms with Gasteiger partial charge in [0.05, 0.1) is 12.8 Å². The Hall–Kier alpha value is -2.92. The Morgan fingerprint density at radius 1 is 1.22 bits per heavy atom. The van der Waals surface area contributed by atoms with Crippen LogP contribution in [0.4, 0.5) is 5.69 Å². The first-order valence-electron chi connectivity index (χ1n) is 8.22. The highest BCUT2D eigenvalue weighted by atomic mass is 16.6. The van der Waals surface area contributed by atoms with E-state index in [1.165, 1.54) is 17.0 Å². The van der Waals surface area contributed by atoms with Crippen molar-refractivity contribution in [3.8, 4) is 0 Å². The molecular formula is C17H17N5O5. The molecule has 10 heteroatoms. The largest absolute Gasteiger partial charge is 0.399 e. The molecule has 1 aliphatic rings. The molecule has 27 heavy (non-hydrogen) atoms. The van der Waals surface area contributed by atoms with Gasteiger partial charge in [-0.05, 0) is 24.3 Å². The van der Waals surface area contributed by atoms with E-state index in [9.17, 15) is 20.1 Å². The summed E-state index contributed by atoms with van der Waals surface area (Å²) in [5.41, 5.74) is 7.19. The zero-order valence-corrected chi connectivity index (χ0v) is 14.0. The predicted octanol–water partition coefficient (Wildman–Crippen LogP) is -0.909. The van der Waals surface area contributed by atoms with Crippen molar-refractivity contribution in [2.45, 2.75) is 24.4 Å². The van der Waals surface area contributed by atoms with Gasteiger partial charge in [-0.2, -0.15) is 5.10 Å². The van der Waals surface area contributed by atoms with Crippen molar-refractivity contribution in [1.82, 2.24) is 19.6 Å². The molecule has 4 atom stereocenters. The molecule has 5 N–H and O–H groups in total. The average Bonchev–Trinajstić information content (AvgIpc) is 3.22. The zero-order chi connectivity index (χ0) is 19.1. The van der Waals surface area contributed by atoms with Crippen molar-refractivity contribution >= 4 is 17.1 Å². The third-order valence-corrected chi connectivity index (χ3v) is 4.52. The number of carbonyl (C=O) groups is 1. The number of fused-ring (bicyclic) bond motifs is 1. The molecule has 0 bridgehead atoms. The summed E-state index contributed by atoms with van der Waals surface area (Å²) in [7, 11) is 0. The minimum Gasteiger partial charge on any atom is -0.399 e. The second-order valence-corrected chi connectivity index (χ2v) is 6.26. The summed E-state index contributed by atoms with van der Waals surface area (Å²) in [4.78, 5) is 20.9.